The topological polar surface area (TPSA) is 49.4 Å². The monoisotopic (exact) mass is 264 g/mol. The van der Waals surface area contributed by atoms with Gasteiger partial charge in [0, 0.05) is 6.54 Å². The van der Waals surface area contributed by atoms with Crippen molar-refractivity contribution in [2.24, 2.45) is 11.8 Å². The molecule has 4 nitrogen and oxygen atoms in total. The van der Waals surface area contributed by atoms with E-state index in [1.54, 1.807) is 0 Å². The van der Waals surface area contributed by atoms with Crippen molar-refractivity contribution < 1.29 is 9.59 Å². The zero-order chi connectivity index (χ0) is 13.6. The standard InChI is InChI=1S/C15H24N2O2/c1-10(12-5-6-12)9-17-11(2)13(18)16-15(14(17)19)7-3-4-8-15/h10-12H,3-9H2,1-2H3,(H,16,18). The number of hydrogen-bond acceptors (Lipinski definition) is 2. The second-order valence-electron chi connectivity index (χ2n) is 6.73. The lowest BCUT2D eigenvalue weighted by Crippen LogP contribution is -2.69. The molecule has 1 aliphatic heterocycles. The average Bonchev–Trinajstić information content (AvgIpc) is 3.14. The Morgan fingerprint density at radius 1 is 1.32 bits per heavy atom. The van der Waals surface area contributed by atoms with Crippen LogP contribution in [0.25, 0.3) is 0 Å². The number of carbonyl (C=O) groups excluding carboxylic acids is 2. The number of carbonyl (C=O) groups is 2. The highest BCUT2D eigenvalue weighted by Gasteiger charge is 2.51. The maximum absolute atomic E-state index is 12.8. The van der Waals surface area contributed by atoms with Gasteiger partial charge in [-0.3, -0.25) is 9.59 Å². The van der Waals surface area contributed by atoms with E-state index >= 15 is 0 Å². The van der Waals surface area contributed by atoms with Crippen molar-refractivity contribution in [1.29, 1.82) is 0 Å². The maximum Gasteiger partial charge on any atom is 0.249 e. The summed E-state index contributed by atoms with van der Waals surface area (Å²) >= 11 is 0. The number of nitrogens with one attached hydrogen (secondary N) is 1. The average molecular weight is 264 g/mol. The molecule has 1 heterocycles. The van der Waals surface area contributed by atoms with Crippen molar-refractivity contribution in [3.8, 4) is 0 Å². The largest absolute Gasteiger partial charge is 0.340 e. The van der Waals surface area contributed by atoms with E-state index in [0.717, 1.165) is 38.1 Å². The van der Waals surface area contributed by atoms with E-state index in [1.165, 1.54) is 12.8 Å². The zero-order valence-corrected chi connectivity index (χ0v) is 11.9. The van der Waals surface area contributed by atoms with Gasteiger partial charge in [-0.15, -0.1) is 0 Å². The molecule has 0 radical (unpaired) electrons. The van der Waals surface area contributed by atoms with Gasteiger partial charge in [0.15, 0.2) is 0 Å². The second-order valence-corrected chi connectivity index (χ2v) is 6.73. The van der Waals surface area contributed by atoms with Gasteiger partial charge in [-0.1, -0.05) is 19.8 Å². The molecule has 0 aromatic carbocycles. The van der Waals surface area contributed by atoms with Crippen LogP contribution in [-0.2, 0) is 9.59 Å². The van der Waals surface area contributed by atoms with E-state index in [1.807, 2.05) is 11.8 Å². The molecule has 2 atom stereocenters. The molecule has 2 unspecified atom stereocenters. The summed E-state index contributed by atoms with van der Waals surface area (Å²) in [7, 11) is 0. The first-order chi connectivity index (χ1) is 9.03. The van der Waals surface area contributed by atoms with Crippen LogP contribution in [0.5, 0.6) is 0 Å². The van der Waals surface area contributed by atoms with Gasteiger partial charge in [0.25, 0.3) is 0 Å². The predicted molar refractivity (Wildman–Crippen MR) is 72.4 cm³/mol. The van der Waals surface area contributed by atoms with E-state index < -0.39 is 5.54 Å². The quantitative estimate of drug-likeness (QED) is 0.843. The molecule has 2 saturated carbocycles. The lowest BCUT2D eigenvalue weighted by atomic mass is 9.90. The molecular weight excluding hydrogens is 240 g/mol. The van der Waals surface area contributed by atoms with Crippen LogP contribution >= 0.6 is 0 Å². The normalized spacial score (nSPS) is 31.7. The number of piperazine rings is 1. The van der Waals surface area contributed by atoms with Crippen LogP contribution in [0.4, 0.5) is 0 Å². The Morgan fingerprint density at radius 3 is 2.53 bits per heavy atom. The van der Waals surface area contributed by atoms with E-state index in [4.69, 9.17) is 0 Å². The highest BCUT2D eigenvalue weighted by molar-refractivity contribution is 5.99. The van der Waals surface area contributed by atoms with Gasteiger partial charge in [-0.2, -0.15) is 0 Å². The molecule has 0 bridgehead atoms. The first-order valence-electron chi connectivity index (χ1n) is 7.66. The molecule has 3 aliphatic rings. The molecular formula is C15H24N2O2. The van der Waals surface area contributed by atoms with Gasteiger partial charge < -0.3 is 10.2 Å². The van der Waals surface area contributed by atoms with Gasteiger partial charge >= 0.3 is 0 Å². The Labute approximate surface area is 114 Å². The third-order valence-corrected chi connectivity index (χ3v) is 5.25. The predicted octanol–water partition coefficient (Wildman–Crippen LogP) is 1.69. The highest BCUT2D eigenvalue weighted by atomic mass is 16.2. The summed E-state index contributed by atoms with van der Waals surface area (Å²) in [5.41, 5.74) is -0.563. The molecule has 2 aliphatic carbocycles. The Balaban J connectivity index is 1.78. The van der Waals surface area contributed by atoms with Crippen molar-refractivity contribution in [2.45, 2.75) is 64.0 Å². The van der Waals surface area contributed by atoms with Gasteiger partial charge in [0.05, 0.1) is 0 Å². The Kier molecular flexibility index (Phi) is 3.06. The molecule has 2 amide bonds. The molecule has 106 valence electrons. The van der Waals surface area contributed by atoms with Crippen LogP contribution in [-0.4, -0.2) is 34.8 Å². The fourth-order valence-electron chi connectivity index (χ4n) is 3.67. The van der Waals surface area contributed by atoms with Crippen molar-refractivity contribution in [3.63, 3.8) is 0 Å². The number of nitrogens with zero attached hydrogens (tertiary/aromatic N) is 1. The molecule has 0 aromatic heterocycles. The highest BCUT2D eigenvalue weighted by Crippen LogP contribution is 2.39. The Hall–Kier alpha value is -1.06. The van der Waals surface area contributed by atoms with Crippen LogP contribution in [0.3, 0.4) is 0 Å². The van der Waals surface area contributed by atoms with Gasteiger partial charge in [0.2, 0.25) is 11.8 Å². The third-order valence-electron chi connectivity index (χ3n) is 5.25. The second kappa shape index (κ2) is 4.50. The van der Waals surface area contributed by atoms with E-state index in [-0.39, 0.29) is 17.9 Å². The first-order valence-corrected chi connectivity index (χ1v) is 7.66. The molecule has 4 heteroatoms. The Morgan fingerprint density at radius 2 is 1.95 bits per heavy atom. The van der Waals surface area contributed by atoms with Gasteiger partial charge in [-0.05, 0) is 44.4 Å². The molecule has 1 spiro atoms. The van der Waals surface area contributed by atoms with Crippen molar-refractivity contribution >= 4 is 11.8 Å². The Bertz CT molecular complexity index is 397. The lowest BCUT2D eigenvalue weighted by Gasteiger charge is -2.44. The van der Waals surface area contributed by atoms with Crippen LogP contribution < -0.4 is 5.32 Å². The summed E-state index contributed by atoms with van der Waals surface area (Å²) in [4.78, 5) is 26.8. The minimum atomic E-state index is -0.563. The maximum atomic E-state index is 12.8. The van der Waals surface area contributed by atoms with Crippen LogP contribution in [0.2, 0.25) is 0 Å². The summed E-state index contributed by atoms with van der Waals surface area (Å²) in [6.07, 6.45) is 6.31. The summed E-state index contributed by atoms with van der Waals surface area (Å²) in [5.74, 6) is 1.49. The van der Waals surface area contributed by atoms with Crippen LogP contribution in [0.1, 0.15) is 52.4 Å². The number of rotatable bonds is 3. The first kappa shape index (κ1) is 12.9. The molecule has 0 aromatic rings. The van der Waals surface area contributed by atoms with Crippen LogP contribution in [0.15, 0.2) is 0 Å². The summed E-state index contributed by atoms with van der Waals surface area (Å²) in [6, 6.07) is -0.306. The van der Waals surface area contributed by atoms with Gasteiger partial charge in [0.1, 0.15) is 11.6 Å². The summed E-state index contributed by atoms with van der Waals surface area (Å²) in [6.45, 7) is 4.82. The van der Waals surface area contributed by atoms with E-state index in [9.17, 15) is 9.59 Å². The minimum absolute atomic E-state index is 0.0319. The molecule has 1 saturated heterocycles. The number of hydrogen-bond donors (Lipinski definition) is 1. The third kappa shape index (κ3) is 2.15. The fraction of sp³-hybridized carbons (Fsp3) is 0.867. The fourth-order valence-corrected chi connectivity index (χ4v) is 3.67. The molecule has 1 N–H and O–H groups in total. The SMILES string of the molecule is CC(CN1C(=O)C2(CCCC2)NC(=O)C1C)C1CC1. The summed E-state index contributed by atoms with van der Waals surface area (Å²) in [5, 5.41) is 3.01. The summed E-state index contributed by atoms with van der Waals surface area (Å²) < 4.78 is 0. The van der Waals surface area contributed by atoms with Crippen molar-refractivity contribution in [1.82, 2.24) is 10.2 Å². The van der Waals surface area contributed by atoms with E-state index in [0.29, 0.717) is 5.92 Å². The van der Waals surface area contributed by atoms with E-state index in [2.05, 4.69) is 12.2 Å². The number of amides is 2. The smallest absolute Gasteiger partial charge is 0.249 e. The molecule has 3 fully saturated rings. The van der Waals surface area contributed by atoms with Gasteiger partial charge in [-0.25, -0.2) is 0 Å². The van der Waals surface area contributed by atoms with Crippen LogP contribution in [0, 0.1) is 11.8 Å². The lowest BCUT2D eigenvalue weighted by molar-refractivity contribution is -0.154. The van der Waals surface area contributed by atoms with Crippen molar-refractivity contribution in [2.75, 3.05) is 6.54 Å². The molecule has 3 rings (SSSR count). The van der Waals surface area contributed by atoms with Crippen molar-refractivity contribution in [3.05, 3.63) is 0 Å². The minimum Gasteiger partial charge on any atom is -0.340 e. The molecule has 19 heavy (non-hydrogen) atoms. The zero-order valence-electron chi connectivity index (χ0n) is 11.9.